The van der Waals surface area contributed by atoms with Gasteiger partial charge in [0.2, 0.25) is 5.91 Å². The molecule has 2 aromatic heterocycles. The summed E-state index contributed by atoms with van der Waals surface area (Å²) >= 11 is 6.30. The average molecular weight is 499 g/mol. The van der Waals surface area contributed by atoms with E-state index in [2.05, 4.69) is 20.3 Å². The van der Waals surface area contributed by atoms with E-state index in [1.165, 1.54) is 12.1 Å². The van der Waals surface area contributed by atoms with Crippen LogP contribution in [-0.4, -0.2) is 31.9 Å². The van der Waals surface area contributed by atoms with E-state index in [9.17, 15) is 9.59 Å². The molecule has 1 saturated carbocycles. The molecule has 7 nitrogen and oxygen atoms in total. The highest BCUT2D eigenvalue weighted by Crippen LogP contribution is 2.39. The van der Waals surface area contributed by atoms with Crippen LogP contribution in [0.4, 0.5) is 5.69 Å². The Morgan fingerprint density at radius 1 is 0.972 bits per heavy atom. The fourth-order valence-electron chi connectivity index (χ4n) is 4.16. The molecular weight excluding hydrogens is 476 g/mol. The molecule has 0 spiro atoms. The number of nitrogens with zero attached hydrogens (tertiary/aromatic N) is 3. The summed E-state index contributed by atoms with van der Waals surface area (Å²) < 4.78 is 0. The molecule has 8 heteroatoms. The van der Waals surface area contributed by atoms with Crippen LogP contribution in [0.25, 0.3) is 22.4 Å². The Kier molecular flexibility index (Phi) is 6.73. The number of halogens is 1. The molecule has 0 aliphatic heterocycles. The number of carboxylic acid groups (broad SMARTS) is 1. The zero-order valence-corrected chi connectivity index (χ0v) is 20.0. The number of carbonyl (C=O) groups excluding carboxylic acids is 1. The molecule has 1 aliphatic carbocycles. The van der Waals surface area contributed by atoms with Crippen LogP contribution >= 0.6 is 11.6 Å². The summed E-state index contributed by atoms with van der Waals surface area (Å²) in [5.74, 6) is -1.07. The summed E-state index contributed by atoms with van der Waals surface area (Å²) in [6, 6.07) is 15.6. The maximum absolute atomic E-state index is 13.2. The van der Waals surface area contributed by atoms with Gasteiger partial charge < -0.3 is 10.4 Å². The summed E-state index contributed by atoms with van der Waals surface area (Å²) in [4.78, 5) is 37.6. The maximum Gasteiger partial charge on any atom is 0.335 e. The van der Waals surface area contributed by atoms with Crippen LogP contribution in [0.2, 0.25) is 5.02 Å². The van der Waals surface area contributed by atoms with Crippen molar-refractivity contribution in [1.82, 2.24) is 15.0 Å². The lowest BCUT2D eigenvalue weighted by molar-refractivity contribution is -0.117. The maximum atomic E-state index is 13.2. The van der Waals surface area contributed by atoms with Crippen LogP contribution < -0.4 is 5.32 Å². The van der Waals surface area contributed by atoms with E-state index in [0.29, 0.717) is 28.7 Å². The van der Waals surface area contributed by atoms with Crippen molar-refractivity contribution in [3.63, 3.8) is 0 Å². The minimum Gasteiger partial charge on any atom is -0.478 e. The van der Waals surface area contributed by atoms with Crippen LogP contribution in [0.1, 0.15) is 41.2 Å². The number of aromatic carboxylic acids is 1. The Labute approximate surface area is 213 Å². The van der Waals surface area contributed by atoms with Gasteiger partial charge in [0, 0.05) is 40.4 Å². The number of aromatic nitrogens is 3. The van der Waals surface area contributed by atoms with Crippen molar-refractivity contribution in [3.05, 3.63) is 95.7 Å². The molecule has 4 aromatic rings. The van der Waals surface area contributed by atoms with E-state index in [-0.39, 0.29) is 11.5 Å². The Hall–Kier alpha value is -4.10. The Morgan fingerprint density at radius 2 is 1.78 bits per heavy atom. The van der Waals surface area contributed by atoms with Crippen LogP contribution in [0.15, 0.2) is 79.4 Å². The van der Waals surface area contributed by atoms with Crippen molar-refractivity contribution < 1.29 is 14.7 Å². The number of hydrogen-bond acceptors (Lipinski definition) is 5. The lowest BCUT2D eigenvalue weighted by Crippen LogP contribution is -2.22. The molecule has 0 radical (unpaired) electrons. The van der Waals surface area contributed by atoms with Gasteiger partial charge in [-0.25, -0.2) is 4.79 Å². The van der Waals surface area contributed by atoms with Gasteiger partial charge in [0.05, 0.1) is 29.1 Å². The number of anilines is 1. The molecule has 0 saturated heterocycles. The molecule has 1 unspecified atom stereocenters. The van der Waals surface area contributed by atoms with Crippen LogP contribution in [-0.2, 0) is 4.79 Å². The van der Waals surface area contributed by atoms with Gasteiger partial charge in [0.1, 0.15) is 0 Å². The number of pyridine rings is 1. The second-order valence-electron chi connectivity index (χ2n) is 8.86. The van der Waals surface area contributed by atoms with Crippen LogP contribution in [0.5, 0.6) is 0 Å². The van der Waals surface area contributed by atoms with E-state index in [0.717, 1.165) is 35.2 Å². The largest absolute Gasteiger partial charge is 0.478 e. The Bertz CT molecular complexity index is 1390. The van der Waals surface area contributed by atoms with Crippen molar-refractivity contribution in [2.45, 2.75) is 25.2 Å². The first-order valence-corrected chi connectivity index (χ1v) is 12.0. The minimum atomic E-state index is -1.01. The number of rotatable bonds is 8. The second kappa shape index (κ2) is 10.3. The summed E-state index contributed by atoms with van der Waals surface area (Å²) in [6.45, 7) is 0. The van der Waals surface area contributed by atoms with Gasteiger partial charge in [0.25, 0.3) is 0 Å². The van der Waals surface area contributed by atoms with Crippen molar-refractivity contribution >= 4 is 29.2 Å². The smallest absolute Gasteiger partial charge is 0.335 e. The molecule has 36 heavy (non-hydrogen) atoms. The highest BCUT2D eigenvalue weighted by Gasteiger charge is 2.31. The molecule has 2 heterocycles. The first-order chi connectivity index (χ1) is 17.5. The molecule has 2 N–H and O–H groups in total. The van der Waals surface area contributed by atoms with Gasteiger partial charge in [-0.15, -0.1) is 0 Å². The molecule has 5 rings (SSSR count). The zero-order valence-electron chi connectivity index (χ0n) is 19.3. The number of benzene rings is 2. The van der Waals surface area contributed by atoms with Gasteiger partial charge in [-0.05, 0) is 60.4 Å². The monoisotopic (exact) mass is 498 g/mol. The van der Waals surface area contributed by atoms with Crippen LogP contribution in [0.3, 0.4) is 0 Å². The topological polar surface area (TPSA) is 105 Å². The molecule has 1 aliphatic rings. The molecular formula is C28H23ClN4O3. The fourth-order valence-corrected chi connectivity index (χ4v) is 4.33. The van der Waals surface area contributed by atoms with Gasteiger partial charge in [-0.3, -0.25) is 19.7 Å². The van der Waals surface area contributed by atoms with Crippen molar-refractivity contribution in [2.75, 3.05) is 5.32 Å². The van der Waals surface area contributed by atoms with Crippen molar-refractivity contribution in [2.24, 2.45) is 5.92 Å². The molecule has 1 atom stereocenters. The predicted molar refractivity (Wildman–Crippen MR) is 138 cm³/mol. The van der Waals surface area contributed by atoms with E-state index >= 15 is 0 Å². The summed E-state index contributed by atoms with van der Waals surface area (Å²) in [6.07, 6.45) is 9.67. The standard InChI is InChI=1S/C28H23ClN4O3/c29-20-6-9-22(26-16-30-11-12-31-26)23(14-20)19-5-10-25(32-15-19)24(13-17-1-2-17)27(34)33-21-7-3-18(4-8-21)28(35)36/h3-12,14-17,24H,1-2,13H2,(H,33,34)(H,35,36). The zero-order chi connectivity index (χ0) is 25.1. The number of hydrogen-bond donors (Lipinski definition) is 2. The normalized spacial score (nSPS) is 13.7. The Morgan fingerprint density at radius 3 is 2.42 bits per heavy atom. The fraction of sp³-hybridized carbons (Fsp3) is 0.179. The number of carboxylic acids is 1. The lowest BCUT2D eigenvalue weighted by Gasteiger charge is -2.17. The lowest BCUT2D eigenvalue weighted by atomic mass is 9.94. The molecule has 0 bridgehead atoms. The average Bonchev–Trinajstić information content (AvgIpc) is 3.72. The third-order valence-corrected chi connectivity index (χ3v) is 6.49. The van der Waals surface area contributed by atoms with E-state index in [4.69, 9.17) is 16.7 Å². The van der Waals surface area contributed by atoms with Crippen molar-refractivity contribution in [1.29, 1.82) is 0 Å². The second-order valence-corrected chi connectivity index (χ2v) is 9.29. The first kappa shape index (κ1) is 23.6. The van der Waals surface area contributed by atoms with E-state index < -0.39 is 11.9 Å². The number of nitrogens with one attached hydrogen (secondary N) is 1. The highest BCUT2D eigenvalue weighted by molar-refractivity contribution is 6.31. The van der Waals surface area contributed by atoms with Gasteiger partial charge >= 0.3 is 5.97 Å². The van der Waals surface area contributed by atoms with E-state index in [1.807, 2.05) is 30.3 Å². The Balaban J connectivity index is 1.41. The third kappa shape index (κ3) is 5.42. The molecule has 2 aromatic carbocycles. The summed E-state index contributed by atoms with van der Waals surface area (Å²) in [7, 11) is 0. The quantitative estimate of drug-likeness (QED) is 0.305. The number of carbonyl (C=O) groups is 2. The SMILES string of the molecule is O=C(O)c1ccc(NC(=O)C(CC2CC2)c2ccc(-c3cc(Cl)ccc3-c3cnccn3)cn2)cc1. The van der Waals surface area contributed by atoms with Crippen LogP contribution in [0, 0.1) is 5.92 Å². The summed E-state index contributed by atoms with van der Waals surface area (Å²) in [5, 5.41) is 12.6. The van der Waals surface area contributed by atoms with Gasteiger partial charge in [-0.2, -0.15) is 0 Å². The molecule has 1 fully saturated rings. The molecule has 180 valence electrons. The minimum absolute atomic E-state index is 0.159. The van der Waals surface area contributed by atoms with E-state index in [1.54, 1.807) is 36.9 Å². The summed E-state index contributed by atoms with van der Waals surface area (Å²) in [5.41, 5.74) is 4.76. The van der Waals surface area contributed by atoms with Crippen molar-refractivity contribution in [3.8, 4) is 22.4 Å². The molecule has 1 amide bonds. The number of amides is 1. The van der Waals surface area contributed by atoms with Gasteiger partial charge in [0.15, 0.2) is 0 Å². The van der Waals surface area contributed by atoms with Gasteiger partial charge in [-0.1, -0.05) is 36.6 Å². The predicted octanol–water partition coefficient (Wildman–Crippen LogP) is 6.08. The highest BCUT2D eigenvalue weighted by atomic mass is 35.5. The third-order valence-electron chi connectivity index (χ3n) is 6.26. The first-order valence-electron chi connectivity index (χ1n) is 11.6.